The molecule has 0 saturated carbocycles. The number of rotatable bonds is 6. The molecule has 0 unspecified atom stereocenters. The summed E-state index contributed by atoms with van der Waals surface area (Å²) in [6.45, 7) is 2.53. The first-order valence-electron chi connectivity index (χ1n) is 6.19. The molecular weight excluding hydrogens is 245 g/mol. The molecule has 2 aromatic rings. The van der Waals surface area contributed by atoms with Gasteiger partial charge in [0.2, 0.25) is 0 Å². The van der Waals surface area contributed by atoms with Gasteiger partial charge < -0.3 is 10.1 Å². The molecule has 4 nitrogen and oxygen atoms in total. The molecule has 0 bridgehead atoms. The maximum Gasteiger partial charge on any atom is 0.151 e. The van der Waals surface area contributed by atoms with Crippen molar-refractivity contribution < 1.29 is 9.13 Å². The number of aromatic nitrogens is 2. The largest absolute Gasteiger partial charge is 0.497 e. The Kier molecular flexibility index (Phi) is 4.39. The van der Waals surface area contributed by atoms with Crippen LogP contribution in [0.5, 0.6) is 5.75 Å². The molecule has 0 saturated heterocycles. The lowest BCUT2D eigenvalue weighted by atomic mass is 10.2. The van der Waals surface area contributed by atoms with Crippen molar-refractivity contribution in [2.24, 2.45) is 0 Å². The van der Waals surface area contributed by atoms with E-state index < -0.39 is 6.67 Å². The smallest absolute Gasteiger partial charge is 0.151 e. The number of halogens is 1. The Morgan fingerprint density at radius 1 is 1.32 bits per heavy atom. The summed E-state index contributed by atoms with van der Waals surface area (Å²) < 4.78 is 19.0. The molecule has 1 aromatic carbocycles. The van der Waals surface area contributed by atoms with E-state index in [0.717, 1.165) is 22.7 Å². The summed E-state index contributed by atoms with van der Waals surface area (Å²) in [5, 5.41) is 7.54. The first-order valence-corrected chi connectivity index (χ1v) is 6.19. The van der Waals surface area contributed by atoms with Gasteiger partial charge in [-0.15, -0.1) is 0 Å². The molecule has 0 spiro atoms. The second-order valence-corrected chi connectivity index (χ2v) is 4.31. The summed E-state index contributed by atoms with van der Waals surface area (Å²) in [4.78, 5) is 0. The second-order valence-electron chi connectivity index (χ2n) is 4.31. The van der Waals surface area contributed by atoms with Crippen LogP contribution in [-0.2, 0) is 13.1 Å². The van der Waals surface area contributed by atoms with E-state index in [1.165, 1.54) is 0 Å². The van der Waals surface area contributed by atoms with Crippen LogP contribution in [0.4, 0.5) is 10.2 Å². The number of benzene rings is 1. The number of ether oxygens (including phenoxy) is 1. The Morgan fingerprint density at radius 2 is 2.05 bits per heavy atom. The number of methoxy groups -OCH3 is 1. The normalized spacial score (nSPS) is 10.5. The molecular formula is C14H18FN3O. The Morgan fingerprint density at radius 3 is 2.68 bits per heavy atom. The summed E-state index contributed by atoms with van der Waals surface area (Å²) in [5.74, 6) is 1.64. The molecule has 0 radical (unpaired) electrons. The molecule has 1 heterocycles. The second kappa shape index (κ2) is 6.22. The third kappa shape index (κ3) is 3.47. The van der Waals surface area contributed by atoms with Gasteiger partial charge >= 0.3 is 0 Å². The summed E-state index contributed by atoms with van der Waals surface area (Å²) in [7, 11) is 1.65. The zero-order chi connectivity index (χ0) is 13.7. The zero-order valence-electron chi connectivity index (χ0n) is 11.2. The molecule has 0 aliphatic heterocycles. The van der Waals surface area contributed by atoms with E-state index in [9.17, 15) is 4.39 Å². The van der Waals surface area contributed by atoms with Gasteiger partial charge in [0.1, 0.15) is 12.4 Å². The number of hydrogen-bond donors (Lipinski definition) is 1. The van der Waals surface area contributed by atoms with Crippen LogP contribution in [-0.4, -0.2) is 23.6 Å². The topological polar surface area (TPSA) is 39.1 Å². The van der Waals surface area contributed by atoms with Crippen molar-refractivity contribution in [3.05, 3.63) is 41.6 Å². The zero-order valence-corrected chi connectivity index (χ0v) is 11.2. The highest BCUT2D eigenvalue weighted by atomic mass is 19.1. The Hall–Kier alpha value is -2.04. The van der Waals surface area contributed by atoms with Crippen molar-refractivity contribution in [3.8, 4) is 5.75 Å². The standard InChI is InChI=1S/C14H18FN3O/c1-11-10-18(8-7-15)17-14(11)16-9-12-3-5-13(19-2)6-4-12/h3-6,10H,7-9H2,1-2H3,(H,16,17). The molecule has 0 atom stereocenters. The summed E-state index contributed by atoms with van der Waals surface area (Å²) in [6.07, 6.45) is 1.84. The van der Waals surface area contributed by atoms with Crippen LogP contribution in [0.25, 0.3) is 0 Å². The highest BCUT2D eigenvalue weighted by molar-refractivity contribution is 5.42. The van der Waals surface area contributed by atoms with Crippen LogP contribution in [0.3, 0.4) is 0 Å². The van der Waals surface area contributed by atoms with Gasteiger partial charge in [-0.05, 0) is 24.6 Å². The number of hydrogen-bond acceptors (Lipinski definition) is 3. The third-order valence-electron chi connectivity index (χ3n) is 2.88. The molecule has 0 fully saturated rings. The summed E-state index contributed by atoms with van der Waals surface area (Å²) in [6, 6.07) is 7.84. The van der Waals surface area contributed by atoms with E-state index in [1.807, 2.05) is 37.4 Å². The fraction of sp³-hybridized carbons (Fsp3) is 0.357. The van der Waals surface area contributed by atoms with E-state index in [-0.39, 0.29) is 0 Å². The van der Waals surface area contributed by atoms with Crippen LogP contribution in [0, 0.1) is 6.92 Å². The Labute approximate surface area is 112 Å². The van der Waals surface area contributed by atoms with E-state index in [4.69, 9.17) is 4.74 Å². The minimum absolute atomic E-state index is 0.297. The van der Waals surface area contributed by atoms with Gasteiger partial charge in [-0.25, -0.2) is 4.39 Å². The molecule has 0 aliphatic rings. The highest BCUT2D eigenvalue weighted by Gasteiger charge is 2.04. The lowest BCUT2D eigenvalue weighted by Crippen LogP contribution is -2.04. The van der Waals surface area contributed by atoms with E-state index >= 15 is 0 Å². The molecule has 102 valence electrons. The number of nitrogens with one attached hydrogen (secondary N) is 1. The lowest BCUT2D eigenvalue weighted by Gasteiger charge is -2.05. The van der Waals surface area contributed by atoms with Gasteiger partial charge in [0, 0.05) is 18.3 Å². The monoisotopic (exact) mass is 263 g/mol. The number of nitrogens with zero attached hydrogens (tertiary/aromatic N) is 2. The maximum absolute atomic E-state index is 12.2. The molecule has 1 aromatic heterocycles. The van der Waals surface area contributed by atoms with E-state index in [1.54, 1.807) is 11.8 Å². The maximum atomic E-state index is 12.2. The van der Waals surface area contributed by atoms with Crippen LogP contribution >= 0.6 is 0 Å². The van der Waals surface area contributed by atoms with Gasteiger partial charge in [0.15, 0.2) is 5.82 Å². The Balaban J connectivity index is 1.97. The molecule has 0 amide bonds. The molecule has 19 heavy (non-hydrogen) atoms. The first kappa shape index (κ1) is 13.4. The minimum Gasteiger partial charge on any atom is -0.497 e. The fourth-order valence-electron chi connectivity index (χ4n) is 1.83. The van der Waals surface area contributed by atoms with Gasteiger partial charge in [-0.2, -0.15) is 5.10 Å². The number of alkyl halides is 1. The summed E-state index contributed by atoms with van der Waals surface area (Å²) in [5.41, 5.74) is 2.15. The lowest BCUT2D eigenvalue weighted by molar-refractivity contribution is 0.414. The van der Waals surface area contributed by atoms with Crippen LogP contribution < -0.4 is 10.1 Å². The van der Waals surface area contributed by atoms with Crippen molar-refractivity contribution in [2.75, 3.05) is 19.1 Å². The average Bonchev–Trinajstić information content (AvgIpc) is 2.78. The predicted octanol–water partition coefficient (Wildman–Crippen LogP) is 2.78. The van der Waals surface area contributed by atoms with Crippen molar-refractivity contribution in [1.29, 1.82) is 0 Å². The van der Waals surface area contributed by atoms with Crippen molar-refractivity contribution in [3.63, 3.8) is 0 Å². The molecule has 5 heteroatoms. The first-order chi connectivity index (χ1) is 9.22. The van der Waals surface area contributed by atoms with Crippen molar-refractivity contribution in [2.45, 2.75) is 20.0 Å². The van der Waals surface area contributed by atoms with E-state index in [2.05, 4.69) is 10.4 Å². The van der Waals surface area contributed by atoms with Gasteiger partial charge in [-0.1, -0.05) is 12.1 Å². The predicted molar refractivity (Wildman–Crippen MR) is 73.3 cm³/mol. The van der Waals surface area contributed by atoms with E-state index in [0.29, 0.717) is 13.1 Å². The van der Waals surface area contributed by atoms with Gasteiger partial charge in [0.05, 0.1) is 13.7 Å². The van der Waals surface area contributed by atoms with Gasteiger partial charge in [0.25, 0.3) is 0 Å². The third-order valence-corrected chi connectivity index (χ3v) is 2.88. The molecule has 1 N–H and O–H groups in total. The van der Waals surface area contributed by atoms with Crippen molar-refractivity contribution >= 4 is 5.82 Å². The minimum atomic E-state index is -0.404. The SMILES string of the molecule is COc1ccc(CNc2nn(CCF)cc2C)cc1. The molecule has 0 aliphatic carbocycles. The van der Waals surface area contributed by atoms with Crippen molar-refractivity contribution in [1.82, 2.24) is 9.78 Å². The van der Waals surface area contributed by atoms with Crippen LogP contribution in [0.15, 0.2) is 30.5 Å². The van der Waals surface area contributed by atoms with Gasteiger partial charge in [-0.3, -0.25) is 4.68 Å². The average molecular weight is 263 g/mol. The fourth-order valence-corrected chi connectivity index (χ4v) is 1.83. The summed E-state index contributed by atoms with van der Waals surface area (Å²) >= 11 is 0. The Bertz CT molecular complexity index is 522. The quantitative estimate of drug-likeness (QED) is 0.871. The number of anilines is 1. The van der Waals surface area contributed by atoms with Crippen LogP contribution in [0.2, 0.25) is 0 Å². The highest BCUT2D eigenvalue weighted by Crippen LogP contribution is 2.15. The molecule has 2 rings (SSSR count). The number of aryl methyl sites for hydroxylation is 2. The van der Waals surface area contributed by atoms with Crippen LogP contribution in [0.1, 0.15) is 11.1 Å².